The number of nitrogens with one attached hydrogen (secondary N) is 1. The number of aliphatic hydroxyl groups is 1. The minimum atomic E-state index is 0.0537. The van der Waals surface area contributed by atoms with E-state index in [2.05, 4.69) is 12.2 Å². The van der Waals surface area contributed by atoms with Crippen molar-refractivity contribution in [3.8, 4) is 5.75 Å². The van der Waals surface area contributed by atoms with Crippen molar-refractivity contribution in [2.75, 3.05) is 13.7 Å². The summed E-state index contributed by atoms with van der Waals surface area (Å²) >= 11 is 0. The molecule has 0 saturated carbocycles. The molecule has 1 amide bonds. The molecule has 0 saturated heterocycles. The molecule has 0 fully saturated rings. The maximum atomic E-state index is 12.2. The summed E-state index contributed by atoms with van der Waals surface area (Å²) in [6.07, 6.45) is 6.15. The molecular weight excluding hydrogens is 278 g/mol. The average Bonchev–Trinajstić information content (AvgIpc) is 3.00. The molecule has 1 aromatic carbocycles. The highest BCUT2D eigenvalue weighted by Gasteiger charge is 2.21. The first kappa shape index (κ1) is 16.6. The Morgan fingerprint density at radius 1 is 1.36 bits per heavy atom. The van der Waals surface area contributed by atoms with Gasteiger partial charge in [-0.2, -0.15) is 0 Å². The van der Waals surface area contributed by atoms with E-state index >= 15 is 0 Å². The van der Waals surface area contributed by atoms with Gasteiger partial charge in [0.05, 0.1) is 7.11 Å². The van der Waals surface area contributed by atoms with E-state index in [4.69, 9.17) is 9.84 Å². The van der Waals surface area contributed by atoms with Crippen LogP contribution >= 0.6 is 0 Å². The zero-order valence-corrected chi connectivity index (χ0v) is 13.3. The van der Waals surface area contributed by atoms with Gasteiger partial charge in [-0.1, -0.05) is 31.2 Å². The zero-order valence-electron chi connectivity index (χ0n) is 13.3. The number of carbonyl (C=O) groups is 1. The van der Waals surface area contributed by atoms with Gasteiger partial charge in [0.25, 0.3) is 0 Å². The summed E-state index contributed by atoms with van der Waals surface area (Å²) in [6, 6.07) is 7.97. The lowest BCUT2D eigenvalue weighted by Gasteiger charge is -2.18. The standard InChI is InChI=1S/C18H25NO3/c1-3-14(15-5-8-17(22-2)9-6-15)11-18(21)19-16-7-4-13(10-16)12-20/h4-9,13-14,16,20H,3,10-12H2,1-2H3,(H,19,21)/t13-,14?,16+/m0/s1. The molecule has 0 aromatic heterocycles. The fourth-order valence-electron chi connectivity index (χ4n) is 2.88. The normalized spacial score (nSPS) is 21.6. The number of amides is 1. The summed E-state index contributed by atoms with van der Waals surface area (Å²) < 4.78 is 5.17. The van der Waals surface area contributed by atoms with Crippen LogP contribution in [0.3, 0.4) is 0 Å². The summed E-state index contributed by atoms with van der Waals surface area (Å²) in [5.41, 5.74) is 1.16. The van der Waals surface area contributed by atoms with Crippen LogP contribution in [0.1, 0.15) is 37.7 Å². The van der Waals surface area contributed by atoms with Gasteiger partial charge in [0.1, 0.15) is 5.75 Å². The second-order valence-electron chi connectivity index (χ2n) is 5.82. The average molecular weight is 303 g/mol. The quantitative estimate of drug-likeness (QED) is 0.761. The van der Waals surface area contributed by atoms with E-state index in [9.17, 15) is 4.79 Å². The van der Waals surface area contributed by atoms with E-state index < -0.39 is 0 Å². The zero-order chi connectivity index (χ0) is 15.9. The van der Waals surface area contributed by atoms with E-state index in [1.807, 2.05) is 36.4 Å². The van der Waals surface area contributed by atoms with Crippen LogP contribution in [-0.4, -0.2) is 30.8 Å². The Morgan fingerprint density at radius 3 is 2.64 bits per heavy atom. The number of rotatable bonds is 7. The molecule has 0 aliphatic heterocycles. The first-order valence-corrected chi connectivity index (χ1v) is 7.88. The SMILES string of the molecule is CCC(CC(=O)N[C@@H]1C=C[C@H](CO)C1)c1ccc(OC)cc1. The Balaban J connectivity index is 1.89. The molecule has 4 heteroatoms. The highest BCUT2D eigenvalue weighted by molar-refractivity contribution is 5.77. The predicted molar refractivity (Wildman–Crippen MR) is 86.9 cm³/mol. The summed E-state index contributed by atoms with van der Waals surface area (Å²) in [7, 11) is 1.65. The first-order chi connectivity index (χ1) is 10.7. The van der Waals surface area contributed by atoms with Gasteiger partial charge in [0, 0.05) is 25.0 Å². The van der Waals surface area contributed by atoms with Crippen LogP contribution in [0.2, 0.25) is 0 Å². The minimum Gasteiger partial charge on any atom is -0.497 e. The van der Waals surface area contributed by atoms with E-state index in [1.165, 1.54) is 0 Å². The lowest BCUT2D eigenvalue weighted by Crippen LogP contribution is -2.33. The van der Waals surface area contributed by atoms with Crippen molar-refractivity contribution in [2.45, 2.75) is 38.1 Å². The first-order valence-electron chi connectivity index (χ1n) is 7.88. The van der Waals surface area contributed by atoms with Crippen LogP contribution in [0.5, 0.6) is 5.75 Å². The highest BCUT2D eigenvalue weighted by atomic mass is 16.5. The summed E-state index contributed by atoms with van der Waals surface area (Å²) in [4.78, 5) is 12.2. The number of ether oxygens (including phenoxy) is 1. The molecule has 3 atom stereocenters. The number of methoxy groups -OCH3 is 1. The van der Waals surface area contributed by atoms with Crippen LogP contribution in [0, 0.1) is 5.92 Å². The molecular formula is C18H25NO3. The van der Waals surface area contributed by atoms with Crippen LogP contribution in [0.25, 0.3) is 0 Å². The molecule has 1 unspecified atom stereocenters. The second kappa shape index (κ2) is 7.99. The molecule has 0 bridgehead atoms. The van der Waals surface area contributed by atoms with Crippen LogP contribution in [0.4, 0.5) is 0 Å². The predicted octanol–water partition coefficient (Wildman–Crippen LogP) is 2.63. The Morgan fingerprint density at radius 2 is 2.09 bits per heavy atom. The fraction of sp³-hybridized carbons (Fsp3) is 0.500. The van der Waals surface area contributed by atoms with Crippen molar-refractivity contribution in [3.63, 3.8) is 0 Å². The number of aliphatic hydroxyl groups excluding tert-OH is 1. The van der Waals surface area contributed by atoms with E-state index in [0.717, 1.165) is 24.2 Å². The molecule has 2 rings (SSSR count). The Bertz CT molecular complexity index is 510. The van der Waals surface area contributed by atoms with Gasteiger partial charge in [0.15, 0.2) is 0 Å². The van der Waals surface area contributed by atoms with Crippen molar-refractivity contribution in [2.24, 2.45) is 5.92 Å². The van der Waals surface area contributed by atoms with Gasteiger partial charge < -0.3 is 15.2 Å². The molecule has 0 spiro atoms. The van der Waals surface area contributed by atoms with Gasteiger partial charge in [-0.25, -0.2) is 0 Å². The van der Waals surface area contributed by atoms with Gasteiger partial charge in [0.2, 0.25) is 5.91 Å². The number of hydrogen-bond acceptors (Lipinski definition) is 3. The smallest absolute Gasteiger partial charge is 0.221 e. The topological polar surface area (TPSA) is 58.6 Å². The van der Waals surface area contributed by atoms with Crippen molar-refractivity contribution in [3.05, 3.63) is 42.0 Å². The monoisotopic (exact) mass is 303 g/mol. The van der Waals surface area contributed by atoms with Crippen LogP contribution < -0.4 is 10.1 Å². The number of hydrogen-bond donors (Lipinski definition) is 2. The van der Waals surface area contributed by atoms with Crippen molar-refractivity contribution < 1.29 is 14.6 Å². The third kappa shape index (κ3) is 4.34. The number of carbonyl (C=O) groups excluding carboxylic acids is 1. The van der Waals surface area contributed by atoms with E-state index in [-0.39, 0.29) is 30.4 Å². The number of benzene rings is 1. The van der Waals surface area contributed by atoms with Crippen LogP contribution in [0.15, 0.2) is 36.4 Å². The molecule has 0 heterocycles. The van der Waals surface area contributed by atoms with Crippen molar-refractivity contribution >= 4 is 5.91 Å². The maximum Gasteiger partial charge on any atom is 0.221 e. The van der Waals surface area contributed by atoms with Crippen molar-refractivity contribution in [1.82, 2.24) is 5.32 Å². The third-order valence-electron chi connectivity index (χ3n) is 4.26. The molecule has 1 aromatic rings. The van der Waals surface area contributed by atoms with Gasteiger partial charge in [-0.3, -0.25) is 4.79 Å². The second-order valence-corrected chi connectivity index (χ2v) is 5.82. The Kier molecular flexibility index (Phi) is 6.01. The highest BCUT2D eigenvalue weighted by Crippen LogP contribution is 2.25. The van der Waals surface area contributed by atoms with E-state index in [0.29, 0.717) is 6.42 Å². The van der Waals surface area contributed by atoms with Gasteiger partial charge in [-0.15, -0.1) is 0 Å². The Labute approximate surface area is 132 Å². The summed E-state index contributed by atoms with van der Waals surface area (Å²) in [5, 5.41) is 12.2. The largest absolute Gasteiger partial charge is 0.497 e. The molecule has 1 aliphatic carbocycles. The fourth-order valence-corrected chi connectivity index (χ4v) is 2.88. The molecule has 2 N–H and O–H groups in total. The van der Waals surface area contributed by atoms with E-state index in [1.54, 1.807) is 7.11 Å². The van der Waals surface area contributed by atoms with Gasteiger partial charge in [-0.05, 0) is 36.5 Å². The Hall–Kier alpha value is -1.81. The lowest BCUT2D eigenvalue weighted by atomic mass is 9.92. The molecule has 1 aliphatic rings. The van der Waals surface area contributed by atoms with Crippen LogP contribution in [-0.2, 0) is 4.79 Å². The molecule has 4 nitrogen and oxygen atoms in total. The third-order valence-corrected chi connectivity index (χ3v) is 4.26. The minimum absolute atomic E-state index is 0.0537. The molecule has 120 valence electrons. The molecule has 0 radical (unpaired) electrons. The van der Waals surface area contributed by atoms with Gasteiger partial charge >= 0.3 is 0 Å². The molecule has 22 heavy (non-hydrogen) atoms. The lowest BCUT2D eigenvalue weighted by molar-refractivity contribution is -0.122. The van der Waals surface area contributed by atoms with Crippen molar-refractivity contribution in [1.29, 1.82) is 0 Å². The summed E-state index contributed by atoms with van der Waals surface area (Å²) in [6.45, 7) is 2.24. The maximum absolute atomic E-state index is 12.2. The summed E-state index contributed by atoms with van der Waals surface area (Å²) in [5.74, 6) is 1.28.